The molecule has 0 spiro atoms. The lowest BCUT2D eigenvalue weighted by Gasteiger charge is -2.31. The third-order valence-corrected chi connectivity index (χ3v) is 5.36. The first kappa shape index (κ1) is 23.9. The lowest BCUT2D eigenvalue weighted by Crippen LogP contribution is -2.52. The molecule has 0 heterocycles. The minimum atomic E-state index is -0.761. The number of hydrogen-bond donors (Lipinski definition) is 1. The molecule has 30 heavy (non-hydrogen) atoms. The van der Waals surface area contributed by atoms with Gasteiger partial charge in [-0.1, -0.05) is 30.3 Å². The highest BCUT2D eigenvalue weighted by molar-refractivity contribution is 7.99. The van der Waals surface area contributed by atoms with Crippen molar-refractivity contribution in [2.45, 2.75) is 51.6 Å². The third-order valence-electron chi connectivity index (χ3n) is 4.37. The number of hydrogen-bond acceptors (Lipinski definition) is 3. The first-order valence-electron chi connectivity index (χ1n) is 9.74. The molecule has 0 saturated carbocycles. The first-order chi connectivity index (χ1) is 14.1. The molecular weight excluding hydrogens is 406 g/mol. The van der Waals surface area contributed by atoms with E-state index in [1.54, 1.807) is 37.3 Å². The Bertz CT molecular complexity index is 866. The summed E-state index contributed by atoms with van der Waals surface area (Å²) in [7, 11) is 0. The van der Waals surface area contributed by atoms with Crippen LogP contribution in [0.4, 0.5) is 8.78 Å². The fraction of sp³-hybridized carbons (Fsp3) is 0.391. The second-order valence-electron chi connectivity index (χ2n) is 8.15. The average Bonchev–Trinajstić information content (AvgIpc) is 2.67. The summed E-state index contributed by atoms with van der Waals surface area (Å²) in [5.41, 5.74) is 0.799. The van der Waals surface area contributed by atoms with E-state index in [0.29, 0.717) is 11.3 Å². The van der Waals surface area contributed by atoms with Gasteiger partial charge in [-0.15, -0.1) is 11.8 Å². The van der Waals surface area contributed by atoms with Crippen molar-refractivity contribution in [2.75, 3.05) is 5.75 Å². The van der Waals surface area contributed by atoms with Crippen LogP contribution < -0.4 is 5.32 Å². The summed E-state index contributed by atoms with van der Waals surface area (Å²) >= 11 is 1.37. The van der Waals surface area contributed by atoms with Crippen molar-refractivity contribution in [2.24, 2.45) is 0 Å². The van der Waals surface area contributed by atoms with Crippen LogP contribution in [0.15, 0.2) is 48.5 Å². The van der Waals surface area contributed by atoms with E-state index in [4.69, 9.17) is 0 Å². The molecule has 0 radical (unpaired) electrons. The number of rotatable bonds is 8. The summed E-state index contributed by atoms with van der Waals surface area (Å²) in [6.45, 7) is 7.23. The van der Waals surface area contributed by atoms with Gasteiger partial charge in [-0.3, -0.25) is 9.59 Å². The molecule has 1 N–H and O–H groups in total. The maximum absolute atomic E-state index is 14.2. The summed E-state index contributed by atoms with van der Waals surface area (Å²) in [5, 5.41) is 2.87. The summed E-state index contributed by atoms with van der Waals surface area (Å²) in [6.07, 6.45) is 0. The molecule has 0 saturated heterocycles. The highest BCUT2D eigenvalue weighted by Crippen LogP contribution is 2.18. The number of carbonyl (C=O) groups is 2. The highest BCUT2D eigenvalue weighted by Gasteiger charge is 2.28. The molecule has 0 aromatic heterocycles. The van der Waals surface area contributed by atoms with Crippen molar-refractivity contribution in [1.82, 2.24) is 10.2 Å². The van der Waals surface area contributed by atoms with E-state index < -0.39 is 17.4 Å². The lowest BCUT2D eigenvalue weighted by molar-refractivity contribution is -0.139. The van der Waals surface area contributed by atoms with Gasteiger partial charge in [-0.05, 0) is 51.5 Å². The van der Waals surface area contributed by atoms with Gasteiger partial charge < -0.3 is 10.2 Å². The van der Waals surface area contributed by atoms with Crippen LogP contribution in [0.25, 0.3) is 0 Å². The molecule has 0 aliphatic rings. The minimum Gasteiger partial charge on any atom is -0.350 e. The van der Waals surface area contributed by atoms with Crippen molar-refractivity contribution in [1.29, 1.82) is 0 Å². The summed E-state index contributed by atoms with van der Waals surface area (Å²) in [4.78, 5) is 27.0. The molecule has 2 aromatic rings. The van der Waals surface area contributed by atoms with Crippen molar-refractivity contribution >= 4 is 23.6 Å². The summed E-state index contributed by atoms with van der Waals surface area (Å²) < 4.78 is 27.2. The Hall–Kier alpha value is -2.41. The van der Waals surface area contributed by atoms with Gasteiger partial charge in [0.2, 0.25) is 11.8 Å². The molecule has 2 amide bonds. The van der Waals surface area contributed by atoms with Gasteiger partial charge in [-0.2, -0.15) is 0 Å². The summed E-state index contributed by atoms with van der Waals surface area (Å²) in [6, 6.07) is 11.6. The normalized spacial score (nSPS) is 12.3. The lowest BCUT2D eigenvalue weighted by atomic mass is 10.1. The van der Waals surface area contributed by atoms with Gasteiger partial charge in [0.15, 0.2) is 0 Å². The molecule has 0 fully saturated rings. The predicted octanol–water partition coefficient (Wildman–Crippen LogP) is 4.53. The van der Waals surface area contributed by atoms with Crippen molar-refractivity contribution < 1.29 is 18.4 Å². The van der Waals surface area contributed by atoms with Crippen LogP contribution in [0, 0.1) is 11.6 Å². The molecule has 0 aliphatic carbocycles. The topological polar surface area (TPSA) is 49.4 Å². The third kappa shape index (κ3) is 7.44. The van der Waals surface area contributed by atoms with Gasteiger partial charge in [0.05, 0.1) is 5.75 Å². The number of amides is 2. The van der Waals surface area contributed by atoms with E-state index in [0.717, 1.165) is 5.56 Å². The van der Waals surface area contributed by atoms with Crippen LogP contribution in [0.5, 0.6) is 0 Å². The van der Waals surface area contributed by atoms with Crippen molar-refractivity contribution in [3.63, 3.8) is 0 Å². The Morgan fingerprint density at radius 1 is 1.07 bits per heavy atom. The van der Waals surface area contributed by atoms with Crippen LogP contribution in [0.3, 0.4) is 0 Å². The Morgan fingerprint density at radius 2 is 1.70 bits per heavy atom. The van der Waals surface area contributed by atoms with E-state index in [-0.39, 0.29) is 29.9 Å². The molecule has 4 nitrogen and oxygen atoms in total. The highest BCUT2D eigenvalue weighted by atomic mass is 32.2. The zero-order valence-electron chi connectivity index (χ0n) is 17.7. The standard InChI is InChI=1S/C23H28F2N2O2S/c1-16(22(29)26-23(2,3)4)27(13-18-7-5-6-8-20(18)25)21(28)15-30-14-17-9-11-19(24)12-10-17/h5-12,16H,13-15H2,1-4H3,(H,26,29)/t16-/m1/s1. The molecular formula is C23H28F2N2O2S. The van der Waals surface area contributed by atoms with Crippen molar-refractivity contribution in [3.8, 4) is 0 Å². The quantitative estimate of drug-likeness (QED) is 0.664. The maximum atomic E-state index is 14.2. The summed E-state index contributed by atoms with van der Waals surface area (Å²) in [5.74, 6) is -0.633. The molecule has 1 atom stereocenters. The van der Waals surface area contributed by atoms with Crippen LogP contribution in [-0.4, -0.2) is 34.0 Å². The zero-order chi connectivity index (χ0) is 22.3. The average molecular weight is 435 g/mol. The number of carbonyl (C=O) groups excluding carboxylic acids is 2. The Kier molecular flexibility index (Phi) is 8.41. The first-order valence-corrected chi connectivity index (χ1v) is 10.9. The largest absolute Gasteiger partial charge is 0.350 e. The van der Waals surface area contributed by atoms with Crippen LogP contribution >= 0.6 is 11.8 Å². The number of nitrogens with zero attached hydrogens (tertiary/aromatic N) is 1. The molecule has 0 unspecified atom stereocenters. The molecule has 2 aromatic carbocycles. The van der Waals surface area contributed by atoms with E-state index in [9.17, 15) is 18.4 Å². The Labute approximate surface area is 181 Å². The van der Waals surface area contributed by atoms with Gasteiger partial charge >= 0.3 is 0 Å². The Balaban J connectivity index is 2.10. The van der Waals surface area contributed by atoms with Gasteiger partial charge in [0.1, 0.15) is 17.7 Å². The van der Waals surface area contributed by atoms with E-state index in [1.807, 2.05) is 20.8 Å². The second kappa shape index (κ2) is 10.6. The van der Waals surface area contributed by atoms with Gasteiger partial charge in [0, 0.05) is 23.4 Å². The van der Waals surface area contributed by atoms with E-state index >= 15 is 0 Å². The van der Waals surface area contributed by atoms with E-state index in [1.165, 1.54) is 34.9 Å². The second-order valence-corrected chi connectivity index (χ2v) is 9.13. The molecule has 0 aliphatic heterocycles. The fourth-order valence-electron chi connectivity index (χ4n) is 2.79. The smallest absolute Gasteiger partial charge is 0.242 e. The van der Waals surface area contributed by atoms with Crippen LogP contribution in [0.1, 0.15) is 38.8 Å². The minimum absolute atomic E-state index is 0.00133. The Morgan fingerprint density at radius 3 is 2.30 bits per heavy atom. The van der Waals surface area contributed by atoms with Gasteiger partial charge in [0.25, 0.3) is 0 Å². The molecule has 7 heteroatoms. The maximum Gasteiger partial charge on any atom is 0.242 e. The van der Waals surface area contributed by atoms with E-state index in [2.05, 4.69) is 5.32 Å². The fourth-order valence-corrected chi connectivity index (χ4v) is 3.66. The van der Waals surface area contributed by atoms with Crippen LogP contribution in [0.2, 0.25) is 0 Å². The number of halogens is 2. The monoisotopic (exact) mass is 434 g/mol. The SMILES string of the molecule is C[C@H](C(=O)NC(C)(C)C)N(Cc1ccccc1F)C(=O)CSCc1ccc(F)cc1. The van der Waals surface area contributed by atoms with Gasteiger partial charge in [-0.25, -0.2) is 8.78 Å². The molecule has 162 valence electrons. The predicted molar refractivity (Wildman–Crippen MR) is 117 cm³/mol. The number of nitrogens with one attached hydrogen (secondary N) is 1. The number of thioether (sulfide) groups is 1. The molecule has 0 bridgehead atoms. The number of benzene rings is 2. The zero-order valence-corrected chi connectivity index (χ0v) is 18.6. The van der Waals surface area contributed by atoms with Crippen molar-refractivity contribution in [3.05, 3.63) is 71.3 Å². The van der Waals surface area contributed by atoms with Crippen LogP contribution in [-0.2, 0) is 21.9 Å². The molecule has 2 rings (SSSR count).